The van der Waals surface area contributed by atoms with Crippen molar-refractivity contribution in [1.29, 1.82) is 0 Å². The number of benzene rings is 1. The van der Waals surface area contributed by atoms with Gasteiger partial charge in [0.25, 0.3) is 0 Å². The van der Waals surface area contributed by atoms with Gasteiger partial charge >= 0.3 is 0 Å². The summed E-state index contributed by atoms with van der Waals surface area (Å²) in [7, 11) is 2.04. The molecule has 14 heavy (non-hydrogen) atoms. The van der Waals surface area contributed by atoms with Gasteiger partial charge in [0.2, 0.25) is 0 Å². The summed E-state index contributed by atoms with van der Waals surface area (Å²) in [6, 6.07) is 6.97. The van der Waals surface area contributed by atoms with E-state index in [-0.39, 0.29) is 0 Å². The van der Waals surface area contributed by atoms with E-state index in [0.29, 0.717) is 11.5 Å². The third-order valence-corrected chi connectivity index (χ3v) is 3.91. The zero-order valence-corrected chi connectivity index (χ0v) is 10.5. The van der Waals surface area contributed by atoms with E-state index in [9.17, 15) is 0 Å². The molecule has 2 heteroatoms. The number of hydrogen-bond acceptors (Lipinski definition) is 1. The van der Waals surface area contributed by atoms with E-state index in [1.807, 2.05) is 7.05 Å². The van der Waals surface area contributed by atoms with Crippen molar-refractivity contribution in [2.24, 2.45) is 5.41 Å². The van der Waals surface area contributed by atoms with Crippen LogP contribution in [0.5, 0.6) is 0 Å². The second-order valence-electron chi connectivity index (χ2n) is 4.69. The lowest BCUT2D eigenvalue weighted by molar-refractivity contribution is 0.282. The maximum atomic E-state index is 3.63. The molecule has 0 amide bonds. The maximum absolute atomic E-state index is 3.63. The van der Waals surface area contributed by atoms with Crippen molar-refractivity contribution in [3.05, 3.63) is 33.8 Å². The summed E-state index contributed by atoms with van der Waals surface area (Å²) in [5.41, 5.74) is 3.24. The van der Waals surface area contributed by atoms with Crippen LogP contribution in [0.25, 0.3) is 0 Å². The Bertz CT molecular complexity index is 357. The van der Waals surface area contributed by atoms with Crippen LogP contribution in [-0.4, -0.2) is 7.05 Å². The fourth-order valence-electron chi connectivity index (χ4n) is 2.56. The molecule has 1 N–H and O–H groups in total. The van der Waals surface area contributed by atoms with E-state index < -0.39 is 0 Å². The molecule has 0 fully saturated rings. The van der Waals surface area contributed by atoms with Crippen LogP contribution in [0.15, 0.2) is 22.7 Å². The molecule has 1 aromatic carbocycles. The highest BCUT2D eigenvalue weighted by atomic mass is 79.9. The second kappa shape index (κ2) is 3.35. The van der Waals surface area contributed by atoms with Gasteiger partial charge in [-0.3, -0.25) is 0 Å². The van der Waals surface area contributed by atoms with Crippen LogP contribution in [0.2, 0.25) is 0 Å². The highest BCUT2D eigenvalue weighted by Gasteiger charge is 2.38. The highest BCUT2D eigenvalue weighted by molar-refractivity contribution is 9.10. The van der Waals surface area contributed by atoms with E-state index in [2.05, 4.69) is 53.3 Å². The van der Waals surface area contributed by atoms with Crippen molar-refractivity contribution in [3.63, 3.8) is 0 Å². The monoisotopic (exact) mass is 253 g/mol. The second-order valence-corrected chi connectivity index (χ2v) is 5.55. The van der Waals surface area contributed by atoms with Crippen LogP contribution in [0.4, 0.5) is 0 Å². The Hall–Kier alpha value is -0.340. The SMILES string of the molecule is CNC1c2cccc(Br)c2CC1(C)C. The molecular formula is C12H16BrN. The standard InChI is InChI=1S/C12H16BrN/c1-12(2)7-9-8(11(12)14-3)5-4-6-10(9)13/h4-6,11,14H,7H2,1-3H3. The fourth-order valence-corrected chi connectivity index (χ4v) is 3.08. The summed E-state index contributed by atoms with van der Waals surface area (Å²) in [5, 5.41) is 3.42. The molecule has 1 unspecified atom stereocenters. The lowest BCUT2D eigenvalue weighted by Crippen LogP contribution is -2.28. The average Bonchev–Trinajstić information content (AvgIpc) is 2.37. The summed E-state index contributed by atoms with van der Waals surface area (Å²) < 4.78 is 1.25. The van der Waals surface area contributed by atoms with E-state index in [1.165, 1.54) is 15.6 Å². The molecule has 0 aromatic heterocycles. The minimum Gasteiger partial charge on any atom is -0.313 e. The summed E-state index contributed by atoms with van der Waals surface area (Å²) in [6.45, 7) is 4.64. The largest absolute Gasteiger partial charge is 0.313 e. The molecule has 0 radical (unpaired) electrons. The van der Waals surface area contributed by atoms with Gasteiger partial charge < -0.3 is 5.32 Å². The predicted octanol–water partition coefficient (Wildman–Crippen LogP) is 3.29. The van der Waals surface area contributed by atoms with Crippen LogP contribution in [0.1, 0.15) is 31.0 Å². The first-order valence-electron chi connectivity index (χ1n) is 5.01. The Labute approximate surface area is 94.0 Å². The van der Waals surface area contributed by atoms with E-state index >= 15 is 0 Å². The van der Waals surface area contributed by atoms with Crippen LogP contribution in [-0.2, 0) is 6.42 Å². The molecule has 0 saturated heterocycles. The van der Waals surface area contributed by atoms with Crippen LogP contribution in [0, 0.1) is 5.41 Å². The molecule has 0 heterocycles. The van der Waals surface area contributed by atoms with E-state index in [1.54, 1.807) is 0 Å². The fraction of sp³-hybridized carbons (Fsp3) is 0.500. The van der Waals surface area contributed by atoms with Gasteiger partial charge in [0.05, 0.1) is 0 Å². The van der Waals surface area contributed by atoms with Crippen LogP contribution >= 0.6 is 15.9 Å². The molecule has 76 valence electrons. The molecule has 1 aromatic rings. The first-order chi connectivity index (χ1) is 6.56. The zero-order chi connectivity index (χ0) is 10.3. The zero-order valence-electron chi connectivity index (χ0n) is 8.89. The number of nitrogens with one attached hydrogen (secondary N) is 1. The summed E-state index contributed by atoms with van der Waals surface area (Å²) >= 11 is 3.63. The third-order valence-electron chi connectivity index (χ3n) is 3.17. The first-order valence-corrected chi connectivity index (χ1v) is 5.80. The average molecular weight is 254 g/mol. The van der Waals surface area contributed by atoms with Crippen LogP contribution < -0.4 is 5.32 Å². The summed E-state index contributed by atoms with van der Waals surface area (Å²) in [4.78, 5) is 0. The lowest BCUT2D eigenvalue weighted by Gasteiger charge is -2.26. The Kier molecular flexibility index (Phi) is 2.44. The number of fused-ring (bicyclic) bond motifs is 1. The van der Waals surface area contributed by atoms with Crippen molar-refractivity contribution >= 4 is 15.9 Å². The third kappa shape index (κ3) is 1.41. The van der Waals surface area contributed by atoms with Crippen molar-refractivity contribution in [3.8, 4) is 0 Å². The van der Waals surface area contributed by atoms with E-state index in [0.717, 1.165) is 6.42 Å². The highest BCUT2D eigenvalue weighted by Crippen LogP contribution is 2.46. The number of hydrogen-bond donors (Lipinski definition) is 1. The van der Waals surface area contributed by atoms with Gasteiger partial charge in [-0.25, -0.2) is 0 Å². The molecule has 0 aliphatic heterocycles. The summed E-state index contributed by atoms with van der Waals surface area (Å²) in [5.74, 6) is 0. The predicted molar refractivity (Wildman–Crippen MR) is 63.4 cm³/mol. The molecule has 1 atom stereocenters. The van der Waals surface area contributed by atoms with Gasteiger partial charge in [0.15, 0.2) is 0 Å². The molecule has 0 saturated carbocycles. The minimum absolute atomic E-state index is 0.320. The molecule has 0 spiro atoms. The number of rotatable bonds is 1. The van der Waals surface area contributed by atoms with Gasteiger partial charge in [-0.1, -0.05) is 41.9 Å². The van der Waals surface area contributed by atoms with Crippen molar-refractivity contribution in [2.75, 3.05) is 7.05 Å². The molecule has 1 nitrogen and oxygen atoms in total. The van der Waals surface area contributed by atoms with Gasteiger partial charge in [-0.15, -0.1) is 0 Å². The van der Waals surface area contributed by atoms with E-state index in [4.69, 9.17) is 0 Å². The molecular weight excluding hydrogens is 238 g/mol. The van der Waals surface area contributed by atoms with Crippen molar-refractivity contribution in [2.45, 2.75) is 26.3 Å². The Morgan fingerprint density at radius 3 is 2.79 bits per heavy atom. The molecule has 2 rings (SSSR count). The quantitative estimate of drug-likeness (QED) is 0.810. The van der Waals surface area contributed by atoms with Crippen molar-refractivity contribution in [1.82, 2.24) is 5.32 Å². The lowest BCUT2D eigenvalue weighted by atomic mass is 9.85. The topological polar surface area (TPSA) is 12.0 Å². The Morgan fingerprint density at radius 1 is 1.43 bits per heavy atom. The summed E-state index contributed by atoms with van der Waals surface area (Å²) in [6.07, 6.45) is 1.15. The molecule has 1 aliphatic carbocycles. The van der Waals surface area contributed by atoms with Crippen molar-refractivity contribution < 1.29 is 0 Å². The minimum atomic E-state index is 0.320. The normalized spacial score (nSPS) is 23.6. The smallest absolute Gasteiger partial charge is 0.0375 e. The van der Waals surface area contributed by atoms with Gasteiger partial charge in [-0.05, 0) is 36.1 Å². The van der Waals surface area contributed by atoms with Crippen LogP contribution in [0.3, 0.4) is 0 Å². The number of halogens is 1. The Balaban J connectivity index is 2.53. The van der Waals surface area contributed by atoms with Gasteiger partial charge in [-0.2, -0.15) is 0 Å². The first kappa shape index (κ1) is 10.2. The molecule has 1 aliphatic rings. The maximum Gasteiger partial charge on any atom is 0.0375 e. The van der Waals surface area contributed by atoms with Gasteiger partial charge in [0.1, 0.15) is 0 Å². The Morgan fingerprint density at radius 2 is 2.14 bits per heavy atom. The molecule has 0 bridgehead atoms. The van der Waals surface area contributed by atoms with Gasteiger partial charge in [0, 0.05) is 10.5 Å².